The van der Waals surface area contributed by atoms with Crippen molar-refractivity contribution in [2.45, 2.75) is 18.0 Å². The number of halogens is 3. The van der Waals surface area contributed by atoms with Crippen molar-refractivity contribution in [3.8, 4) is 0 Å². The standard InChI is InChI=1S/C21H15F3N2O3S/c1-12-10-18(16-7-6-13(21(22,23)24)11-19(16)25-12)26-17-8-9-20(30(27,28)29)15-5-3-2-4-14(15)17/h2-11H,1H3,(H,25,26)(H,27,28,29). The average molecular weight is 432 g/mol. The van der Waals surface area contributed by atoms with Crippen LogP contribution < -0.4 is 5.32 Å². The fourth-order valence-electron chi connectivity index (χ4n) is 3.39. The Balaban J connectivity index is 1.89. The first-order chi connectivity index (χ1) is 14.0. The van der Waals surface area contributed by atoms with Crippen molar-refractivity contribution in [2.75, 3.05) is 5.32 Å². The summed E-state index contributed by atoms with van der Waals surface area (Å²) in [5.74, 6) is 0. The van der Waals surface area contributed by atoms with Crippen molar-refractivity contribution < 1.29 is 26.1 Å². The van der Waals surface area contributed by atoms with Crippen LogP contribution >= 0.6 is 0 Å². The molecule has 154 valence electrons. The molecule has 0 saturated heterocycles. The molecule has 0 unspecified atom stereocenters. The third kappa shape index (κ3) is 3.69. The van der Waals surface area contributed by atoms with Crippen LogP contribution in [0, 0.1) is 6.92 Å². The Hall–Kier alpha value is -3.17. The number of nitrogens with zero attached hydrogens (tertiary/aromatic N) is 1. The van der Waals surface area contributed by atoms with E-state index in [0.717, 1.165) is 12.1 Å². The maximum Gasteiger partial charge on any atom is 0.416 e. The SMILES string of the molecule is Cc1cc(Nc2ccc(S(=O)(=O)O)c3ccccc23)c2ccc(C(F)(F)F)cc2n1. The normalized spacial score (nSPS) is 12.4. The fraction of sp³-hybridized carbons (Fsp3) is 0.0952. The highest BCUT2D eigenvalue weighted by Gasteiger charge is 2.30. The van der Waals surface area contributed by atoms with Crippen molar-refractivity contribution >= 4 is 43.2 Å². The number of aryl methyl sites for hydroxylation is 1. The lowest BCUT2D eigenvalue weighted by atomic mass is 10.1. The molecule has 1 heterocycles. The first kappa shape index (κ1) is 20.1. The Morgan fingerprint density at radius 2 is 1.60 bits per heavy atom. The highest BCUT2D eigenvalue weighted by molar-refractivity contribution is 7.86. The molecule has 0 atom stereocenters. The molecule has 0 amide bonds. The average Bonchev–Trinajstić information content (AvgIpc) is 2.66. The largest absolute Gasteiger partial charge is 0.416 e. The van der Waals surface area contributed by atoms with Gasteiger partial charge in [0.15, 0.2) is 0 Å². The van der Waals surface area contributed by atoms with Crippen LogP contribution in [0.4, 0.5) is 24.5 Å². The summed E-state index contributed by atoms with van der Waals surface area (Å²) in [6.07, 6.45) is -4.48. The van der Waals surface area contributed by atoms with Crippen LogP contribution in [-0.2, 0) is 16.3 Å². The molecule has 30 heavy (non-hydrogen) atoms. The molecule has 9 heteroatoms. The lowest BCUT2D eigenvalue weighted by Gasteiger charge is -2.15. The van der Waals surface area contributed by atoms with Gasteiger partial charge in [0.25, 0.3) is 10.1 Å². The van der Waals surface area contributed by atoms with Crippen LogP contribution in [0.2, 0.25) is 0 Å². The maximum absolute atomic E-state index is 13.1. The number of alkyl halides is 3. The van der Waals surface area contributed by atoms with E-state index in [1.807, 2.05) is 0 Å². The fourth-order valence-corrected chi connectivity index (χ4v) is 4.09. The first-order valence-electron chi connectivity index (χ1n) is 8.79. The number of aromatic nitrogens is 1. The highest BCUT2D eigenvalue weighted by Crippen LogP contribution is 2.36. The van der Waals surface area contributed by atoms with Crippen LogP contribution in [-0.4, -0.2) is 18.0 Å². The van der Waals surface area contributed by atoms with E-state index in [-0.39, 0.29) is 10.4 Å². The summed E-state index contributed by atoms with van der Waals surface area (Å²) >= 11 is 0. The molecule has 0 saturated carbocycles. The molecular weight excluding hydrogens is 417 g/mol. The summed E-state index contributed by atoms with van der Waals surface area (Å²) < 4.78 is 72.0. The topological polar surface area (TPSA) is 79.3 Å². The summed E-state index contributed by atoms with van der Waals surface area (Å²) in [5.41, 5.74) is 0.970. The second kappa shape index (κ2) is 6.96. The zero-order valence-corrected chi connectivity index (χ0v) is 16.3. The molecule has 0 aliphatic rings. The van der Waals surface area contributed by atoms with E-state index in [1.54, 1.807) is 37.3 Å². The van der Waals surface area contributed by atoms with Gasteiger partial charge in [0, 0.05) is 33.2 Å². The first-order valence-corrected chi connectivity index (χ1v) is 10.2. The molecule has 0 aliphatic heterocycles. The van der Waals surface area contributed by atoms with Crippen LogP contribution in [0.15, 0.2) is 65.6 Å². The zero-order chi connectivity index (χ0) is 21.7. The van der Waals surface area contributed by atoms with Gasteiger partial charge in [-0.1, -0.05) is 30.3 Å². The van der Waals surface area contributed by atoms with Gasteiger partial charge in [-0.3, -0.25) is 9.54 Å². The summed E-state index contributed by atoms with van der Waals surface area (Å²) in [6.45, 7) is 1.67. The van der Waals surface area contributed by atoms with Gasteiger partial charge >= 0.3 is 6.18 Å². The van der Waals surface area contributed by atoms with Crippen molar-refractivity contribution in [3.05, 3.63) is 71.9 Å². The molecule has 0 fully saturated rings. The molecule has 1 aromatic heterocycles. The minimum atomic E-state index is -4.48. The smallest absolute Gasteiger partial charge is 0.354 e. The number of anilines is 2. The second-order valence-corrected chi connectivity index (χ2v) is 8.19. The van der Waals surface area contributed by atoms with Gasteiger partial charge in [0.05, 0.1) is 11.1 Å². The lowest BCUT2D eigenvalue weighted by molar-refractivity contribution is -0.137. The number of pyridine rings is 1. The summed E-state index contributed by atoms with van der Waals surface area (Å²) in [6, 6.07) is 14.4. The Kier molecular flexibility index (Phi) is 4.67. The van der Waals surface area contributed by atoms with E-state index in [0.29, 0.717) is 33.2 Å². The van der Waals surface area contributed by atoms with Gasteiger partial charge in [-0.15, -0.1) is 0 Å². The number of fused-ring (bicyclic) bond motifs is 2. The van der Waals surface area contributed by atoms with Crippen molar-refractivity contribution in [2.24, 2.45) is 0 Å². The molecule has 0 radical (unpaired) electrons. The van der Waals surface area contributed by atoms with E-state index in [2.05, 4.69) is 10.3 Å². The van der Waals surface area contributed by atoms with E-state index >= 15 is 0 Å². The minimum Gasteiger partial charge on any atom is -0.354 e. The molecule has 4 rings (SSSR count). The van der Waals surface area contributed by atoms with Crippen LogP contribution in [0.1, 0.15) is 11.3 Å². The number of benzene rings is 3. The van der Waals surface area contributed by atoms with Gasteiger partial charge in [-0.2, -0.15) is 21.6 Å². The molecule has 0 aliphatic carbocycles. The highest BCUT2D eigenvalue weighted by atomic mass is 32.2. The molecular formula is C21H15F3N2O3S. The summed E-state index contributed by atoms with van der Waals surface area (Å²) in [4.78, 5) is 3.98. The number of nitrogens with one attached hydrogen (secondary N) is 1. The Morgan fingerprint density at radius 1 is 0.900 bits per heavy atom. The third-order valence-electron chi connectivity index (χ3n) is 4.70. The van der Waals surface area contributed by atoms with Crippen LogP contribution in [0.25, 0.3) is 21.7 Å². The van der Waals surface area contributed by atoms with E-state index in [1.165, 1.54) is 18.2 Å². The van der Waals surface area contributed by atoms with Crippen molar-refractivity contribution in [1.29, 1.82) is 0 Å². The quantitative estimate of drug-likeness (QED) is 0.406. The maximum atomic E-state index is 13.1. The molecule has 4 aromatic rings. The van der Waals surface area contributed by atoms with Gasteiger partial charge in [-0.25, -0.2) is 0 Å². The van der Waals surface area contributed by atoms with E-state index in [4.69, 9.17) is 0 Å². The summed E-state index contributed by atoms with van der Waals surface area (Å²) in [5, 5.41) is 4.50. The molecule has 3 aromatic carbocycles. The van der Waals surface area contributed by atoms with Crippen molar-refractivity contribution in [1.82, 2.24) is 4.98 Å². The number of rotatable bonds is 3. The predicted octanol–water partition coefficient (Wildman–Crippen LogP) is 5.71. The molecule has 5 nitrogen and oxygen atoms in total. The van der Waals surface area contributed by atoms with Crippen molar-refractivity contribution in [3.63, 3.8) is 0 Å². The van der Waals surface area contributed by atoms with Crippen LogP contribution in [0.3, 0.4) is 0 Å². The number of hydrogen-bond acceptors (Lipinski definition) is 4. The Morgan fingerprint density at radius 3 is 2.27 bits per heavy atom. The molecule has 2 N–H and O–H groups in total. The Labute approximate surface area is 169 Å². The van der Waals surface area contributed by atoms with Gasteiger partial charge in [-0.05, 0) is 37.3 Å². The van der Waals surface area contributed by atoms with Gasteiger partial charge < -0.3 is 5.32 Å². The van der Waals surface area contributed by atoms with Gasteiger partial charge in [0.2, 0.25) is 0 Å². The minimum absolute atomic E-state index is 0.186. The zero-order valence-electron chi connectivity index (χ0n) is 15.5. The van der Waals surface area contributed by atoms with E-state index < -0.39 is 21.9 Å². The monoisotopic (exact) mass is 432 g/mol. The van der Waals surface area contributed by atoms with Crippen LogP contribution in [0.5, 0.6) is 0 Å². The third-order valence-corrected chi connectivity index (χ3v) is 5.61. The number of hydrogen-bond donors (Lipinski definition) is 2. The molecule has 0 spiro atoms. The second-order valence-electron chi connectivity index (χ2n) is 6.80. The van der Waals surface area contributed by atoms with E-state index in [9.17, 15) is 26.1 Å². The predicted molar refractivity (Wildman–Crippen MR) is 109 cm³/mol. The molecule has 0 bridgehead atoms. The lowest BCUT2D eigenvalue weighted by Crippen LogP contribution is -2.05. The summed E-state index contributed by atoms with van der Waals surface area (Å²) in [7, 11) is -4.42. The Bertz CT molecular complexity index is 1400. The van der Waals surface area contributed by atoms with Gasteiger partial charge in [0.1, 0.15) is 4.90 Å².